The first-order valence-corrected chi connectivity index (χ1v) is 7.46. The van der Waals surface area contributed by atoms with Crippen LogP contribution in [0.15, 0.2) is 24.3 Å². The van der Waals surface area contributed by atoms with Crippen LogP contribution in [0.4, 0.5) is 0 Å². The van der Waals surface area contributed by atoms with Gasteiger partial charge in [-0.1, -0.05) is 17.9 Å². The number of rotatable bonds is 1. The molecule has 1 saturated heterocycles. The van der Waals surface area contributed by atoms with E-state index in [1.165, 1.54) is 0 Å². The van der Waals surface area contributed by atoms with Crippen molar-refractivity contribution in [3.05, 3.63) is 35.4 Å². The van der Waals surface area contributed by atoms with Gasteiger partial charge in [0.1, 0.15) is 5.60 Å². The molecule has 2 rings (SSSR count). The molecule has 3 nitrogen and oxygen atoms in total. The van der Waals surface area contributed by atoms with E-state index in [1.54, 1.807) is 19.9 Å². The normalized spacial score (nSPS) is 21.9. The van der Waals surface area contributed by atoms with E-state index in [-0.39, 0.29) is 5.91 Å². The Morgan fingerprint density at radius 2 is 1.90 bits per heavy atom. The van der Waals surface area contributed by atoms with Gasteiger partial charge in [-0.25, -0.2) is 0 Å². The van der Waals surface area contributed by atoms with Crippen LogP contribution in [-0.2, 0) is 0 Å². The van der Waals surface area contributed by atoms with E-state index in [1.807, 2.05) is 23.1 Å². The summed E-state index contributed by atoms with van der Waals surface area (Å²) in [6, 6.07) is 7.91. The maximum absolute atomic E-state index is 12.6. The fraction of sp³-hybridized carbons (Fsp3) is 0.500. The summed E-state index contributed by atoms with van der Waals surface area (Å²) in [6.07, 6.45) is 2.12. The maximum Gasteiger partial charge on any atom is 0.254 e. The fourth-order valence-corrected chi connectivity index (χ4v) is 2.70. The lowest BCUT2D eigenvalue weighted by Crippen LogP contribution is -2.38. The molecule has 1 amide bonds. The monoisotopic (exact) mass is 285 g/mol. The van der Waals surface area contributed by atoms with Gasteiger partial charge in [0, 0.05) is 23.2 Å². The maximum atomic E-state index is 12.6. The van der Waals surface area contributed by atoms with E-state index < -0.39 is 5.60 Å². The van der Waals surface area contributed by atoms with Gasteiger partial charge in [0.15, 0.2) is 0 Å². The predicted molar refractivity (Wildman–Crippen MR) is 83.9 cm³/mol. The molecule has 2 atom stereocenters. The van der Waals surface area contributed by atoms with Gasteiger partial charge in [0.05, 0.1) is 0 Å². The highest BCUT2D eigenvalue weighted by Gasteiger charge is 2.31. The lowest BCUT2D eigenvalue weighted by Gasteiger charge is -2.26. The van der Waals surface area contributed by atoms with Gasteiger partial charge in [0.25, 0.3) is 5.91 Å². The average Bonchev–Trinajstić information content (AvgIpc) is 2.75. The summed E-state index contributed by atoms with van der Waals surface area (Å²) in [4.78, 5) is 14.6. The third-order valence-electron chi connectivity index (χ3n) is 3.81. The van der Waals surface area contributed by atoms with Crippen LogP contribution in [0, 0.1) is 11.8 Å². The molecule has 1 N–H and O–H groups in total. The lowest BCUT2D eigenvalue weighted by molar-refractivity contribution is 0.0693. The number of nitrogens with zero attached hydrogens (tertiary/aromatic N) is 1. The van der Waals surface area contributed by atoms with Gasteiger partial charge in [-0.15, -0.1) is 0 Å². The van der Waals surface area contributed by atoms with Crippen molar-refractivity contribution in [3.8, 4) is 11.8 Å². The van der Waals surface area contributed by atoms with Crippen molar-refractivity contribution < 1.29 is 9.90 Å². The molecule has 1 aromatic rings. The number of hydrogen-bond donors (Lipinski definition) is 1. The average molecular weight is 285 g/mol. The van der Waals surface area contributed by atoms with Crippen molar-refractivity contribution in [3.63, 3.8) is 0 Å². The van der Waals surface area contributed by atoms with E-state index in [9.17, 15) is 9.90 Å². The molecule has 21 heavy (non-hydrogen) atoms. The molecule has 0 radical (unpaired) electrons. The second-order valence-corrected chi connectivity index (χ2v) is 6.38. The van der Waals surface area contributed by atoms with Crippen LogP contribution in [0.25, 0.3) is 0 Å². The number of carbonyl (C=O) groups excluding carboxylic acids is 1. The van der Waals surface area contributed by atoms with Crippen LogP contribution in [0.3, 0.4) is 0 Å². The smallest absolute Gasteiger partial charge is 0.254 e. The molecule has 0 saturated carbocycles. The molecule has 0 spiro atoms. The summed E-state index contributed by atoms with van der Waals surface area (Å²) in [7, 11) is 0. The zero-order chi connectivity index (χ0) is 15.6. The van der Waals surface area contributed by atoms with Crippen LogP contribution < -0.4 is 0 Å². The summed E-state index contributed by atoms with van der Waals surface area (Å²) in [5.74, 6) is 5.76. The van der Waals surface area contributed by atoms with Crippen LogP contribution in [0.5, 0.6) is 0 Å². The lowest BCUT2D eigenvalue weighted by atomic mass is 10.1. The minimum absolute atomic E-state index is 0.0689. The molecule has 1 aliphatic rings. The first kappa shape index (κ1) is 15.6. The third-order valence-corrected chi connectivity index (χ3v) is 3.81. The second kappa shape index (κ2) is 5.91. The number of carbonyl (C=O) groups is 1. The van der Waals surface area contributed by atoms with Gasteiger partial charge in [0.2, 0.25) is 0 Å². The topological polar surface area (TPSA) is 40.5 Å². The number of benzene rings is 1. The molecule has 0 unspecified atom stereocenters. The van der Waals surface area contributed by atoms with Crippen LogP contribution >= 0.6 is 0 Å². The largest absolute Gasteiger partial charge is 0.378 e. The van der Waals surface area contributed by atoms with Crippen molar-refractivity contribution in [2.24, 2.45) is 0 Å². The number of aliphatic hydroxyl groups is 1. The highest BCUT2D eigenvalue weighted by atomic mass is 16.3. The Bertz CT molecular complexity index is 579. The van der Waals surface area contributed by atoms with Crippen molar-refractivity contribution in [2.45, 2.75) is 58.2 Å². The number of amides is 1. The van der Waals surface area contributed by atoms with E-state index >= 15 is 0 Å². The Balaban J connectivity index is 2.24. The molecule has 1 aliphatic heterocycles. The van der Waals surface area contributed by atoms with Gasteiger partial charge in [-0.3, -0.25) is 4.79 Å². The molecule has 1 fully saturated rings. The molecule has 0 aliphatic carbocycles. The second-order valence-electron chi connectivity index (χ2n) is 6.38. The van der Waals surface area contributed by atoms with Crippen LogP contribution in [0.2, 0.25) is 0 Å². The molecular formula is C18H23NO2. The summed E-state index contributed by atoms with van der Waals surface area (Å²) < 4.78 is 0. The van der Waals surface area contributed by atoms with E-state index in [0.29, 0.717) is 17.6 Å². The van der Waals surface area contributed by atoms with Crippen molar-refractivity contribution in [2.75, 3.05) is 0 Å². The zero-order valence-electron chi connectivity index (χ0n) is 13.2. The molecule has 3 heteroatoms. The first-order valence-electron chi connectivity index (χ1n) is 7.46. The standard InChI is InChI=1S/C18H23NO2/c1-13-8-9-14(2)19(13)17(20)16-7-5-6-15(12-16)10-11-18(3,4)21/h5-7,12-14,21H,8-9H2,1-4H3/t13-,14+. The third kappa shape index (κ3) is 3.86. The SMILES string of the molecule is C[C@@H]1CC[C@H](C)N1C(=O)c1cccc(C#CC(C)(C)O)c1. The molecule has 0 bridgehead atoms. The molecular weight excluding hydrogens is 262 g/mol. The summed E-state index contributed by atoms with van der Waals surface area (Å²) in [5.41, 5.74) is 0.387. The zero-order valence-corrected chi connectivity index (χ0v) is 13.2. The van der Waals surface area contributed by atoms with E-state index in [4.69, 9.17) is 0 Å². The highest BCUT2D eigenvalue weighted by molar-refractivity contribution is 5.95. The van der Waals surface area contributed by atoms with E-state index in [0.717, 1.165) is 18.4 Å². The van der Waals surface area contributed by atoms with Gasteiger partial charge in [-0.2, -0.15) is 0 Å². The fourth-order valence-electron chi connectivity index (χ4n) is 2.70. The van der Waals surface area contributed by atoms with E-state index in [2.05, 4.69) is 25.7 Å². The van der Waals surface area contributed by atoms with Crippen molar-refractivity contribution >= 4 is 5.91 Å². The van der Waals surface area contributed by atoms with Crippen molar-refractivity contribution in [1.82, 2.24) is 4.90 Å². The minimum Gasteiger partial charge on any atom is -0.378 e. The molecule has 1 aromatic carbocycles. The minimum atomic E-state index is -1.03. The molecule has 1 heterocycles. The Labute approximate surface area is 127 Å². The summed E-state index contributed by atoms with van der Waals surface area (Å²) >= 11 is 0. The Hall–Kier alpha value is -1.79. The van der Waals surface area contributed by atoms with Gasteiger partial charge >= 0.3 is 0 Å². The Morgan fingerprint density at radius 3 is 2.48 bits per heavy atom. The molecule has 0 aromatic heterocycles. The van der Waals surface area contributed by atoms with Crippen LogP contribution in [-0.4, -0.2) is 33.6 Å². The molecule has 112 valence electrons. The van der Waals surface area contributed by atoms with Gasteiger partial charge in [-0.05, 0) is 58.7 Å². The first-order chi connectivity index (χ1) is 9.78. The van der Waals surface area contributed by atoms with Gasteiger partial charge < -0.3 is 10.0 Å². The quantitative estimate of drug-likeness (QED) is 0.806. The van der Waals surface area contributed by atoms with Crippen molar-refractivity contribution in [1.29, 1.82) is 0 Å². The Morgan fingerprint density at radius 1 is 1.29 bits per heavy atom. The highest BCUT2D eigenvalue weighted by Crippen LogP contribution is 2.25. The summed E-state index contributed by atoms with van der Waals surface area (Å²) in [6.45, 7) is 7.48. The summed E-state index contributed by atoms with van der Waals surface area (Å²) in [5, 5.41) is 9.65. The van der Waals surface area contributed by atoms with Crippen LogP contribution in [0.1, 0.15) is 56.5 Å². The predicted octanol–water partition coefficient (Wildman–Crippen LogP) is 2.82. The number of likely N-dealkylation sites (tertiary alicyclic amines) is 1. The number of hydrogen-bond acceptors (Lipinski definition) is 2. The Kier molecular flexibility index (Phi) is 4.39.